The van der Waals surface area contributed by atoms with Crippen LogP contribution in [0.4, 0.5) is 0 Å². The summed E-state index contributed by atoms with van der Waals surface area (Å²) in [4.78, 5) is 16.1. The predicted octanol–water partition coefficient (Wildman–Crippen LogP) is 5.34. The van der Waals surface area contributed by atoms with E-state index in [1.807, 2.05) is 0 Å². The summed E-state index contributed by atoms with van der Waals surface area (Å²) in [7, 11) is 0. The molecule has 0 aliphatic heterocycles. The molecule has 0 unspecified atom stereocenters. The number of rotatable bonds is 6. The van der Waals surface area contributed by atoms with Crippen molar-refractivity contribution in [1.29, 1.82) is 0 Å². The Morgan fingerprint density at radius 2 is 1.61 bits per heavy atom. The molecule has 0 saturated heterocycles. The van der Waals surface area contributed by atoms with E-state index in [9.17, 15) is 4.79 Å². The number of aromatic amines is 1. The summed E-state index contributed by atoms with van der Waals surface area (Å²) in [6.07, 6.45) is 14.7. The first kappa shape index (κ1) is 21.2. The van der Waals surface area contributed by atoms with Crippen LogP contribution in [-0.2, 0) is 25.9 Å². The average Bonchev–Trinajstić information content (AvgIpc) is 3.16. The lowest BCUT2D eigenvalue weighted by molar-refractivity contribution is 0.372. The third-order valence-corrected chi connectivity index (χ3v) is 8.30. The Hall–Kier alpha value is -2.40. The van der Waals surface area contributed by atoms with Crippen LogP contribution in [0.2, 0.25) is 0 Å². The topological polar surface area (TPSA) is 62.7 Å². The lowest BCUT2D eigenvalue weighted by atomic mass is 9.80. The number of aromatic nitrogens is 3. The molecule has 2 aromatic heterocycles. The highest BCUT2D eigenvalue weighted by Gasteiger charge is 2.29. The lowest BCUT2D eigenvalue weighted by Gasteiger charge is -2.25. The molecule has 2 heterocycles. The van der Waals surface area contributed by atoms with Gasteiger partial charge in [0.25, 0.3) is 5.56 Å². The molecule has 3 aromatic rings. The van der Waals surface area contributed by atoms with Gasteiger partial charge in [0.2, 0.25) is 0 Å². The molecule has 174 valence electrons. The molecule has 2 N–H and O–H groups in total. The second kappa shape index (κ2) is 9.09. The molecular formula is C28H36N4O. The summed E-state index contributed by atoms with van der Waals surface area (Å²) in [6.45, 7) is 1.65. The SMILES string of the molecule is O=c1[nH]c2c(c(C3CCC3)nn2Cc2ccc(CNC3CCCCC3)cc2)c2c1CCCC2. The monoisotopic (exact) mass is 444 g/mol. The van der Waals surface area contributed by atoms with Gasteiger partial charge in [0, 0.05) is 29.5 Å². The van der Waals surface area contributed by atoms with Crippen LogP contribution in [0.15, 0.2) is 29.1 Å². The molecule has 0 spiro atoms. The molecule has 0 bridgehead atoms. The predicted molar refractivity (Wildman–Crippen MR) is 133 cm³/mol. The van der Waals surface area contributed by atoms with E-state index in [4.69, 9.17) is 5.10 Å². The van der Waals surface area contributed by atoms with Gasteiger partial charge in [-0.05, 0) is 68.1 Å². The van der Waals surface area contributed by atoms with E-state index in [1.54, 1.807) is 0 Å². The first-order chi connectivity index (χ1) is 16.3. The number of nitrogens with zero attached hydrogens (tertiary/aromatic N) is 2. The number of aryl methyl sites for hydroxylation is 1. The fourth-order valence-corrected chi connectivity index (χ4v) is 6.11. The molecule has 1 aromatic carbocycles. The van der Waals surface area contributed by atoms with E-state index >= 15 is 0 Å². The van der Waals surface area contributed by atoms with Gasteiger partial charge >= 0.3 is 0 Å². The lowest BCUT2D eigenvalue weighted by Crippen LogP contribution is -2.30. The Balaban J connectivity index is 1.26. The second-order valence-electron chi connectivity index (χ2n) is 10.5. The van der Waals surface area contributed by atoms with Crippen LogP contribution in [0.1, 0.15) is 98.1 Å². The Bertz CT molecular complexity index is 1180. The summed E-state index contributed by atoms with van der Waals surface area (Å²) in [5, 5.41) is 10.1. The molecule has 0 atom stereocenters. The highest BCUT2D eigenvalue weighted by molar-refractivity contribution is 5.84. The molecule has 5 heteroatoms. The van der Waals surface area contributed by atoms with Gasteiger partial charge < -0.3 is 10.3 Å². The van der Waals surface area contributed by atoms with Crippen molar-refractivity contribution in [2.45, 2.75) is 102 Å². The number of nitrogens with one attached hydrogen (secondary N) is 2. The minimum atomic E-state index is 0.0997. The van der Waals surface area contributed by atoms with E-state index in [2.05, 4.69) is 39.2 Å². The van der Waals surface area contributed by atoms with Crippen molar-refractivity contribution in [1.82, 2.24) is 20.1 Å². The van der Waals surface area contributed by atoms with E-state index in [1.165, 1.54) is 85.6 Å². The minimum absolute atomic E-state index is 0.0997. The van der Waals surface area contributed by atoms with E-state index in [0.717, 1.165) is 37.0 Å². The number of H-pyrrole nitrogens is 1. The van der Waals surface area contributed by atoms with Gasteiger partial charge in [-0.3, -0.25) is 4.79 Å². The van der Waals surface area contributed by atoms with Crippen molar-refractivity contribution in [3.8, 4) is 0 Å². The van der Waals surface area contributed by atoms with Crippen molar-refractivity contribution in [2.75, 3.05) is 0 Å². The van der Waals surface area contributed by atoms with Gasteiger partial charge in [0.15, 0.2) is 0 Å². The highest BCUT2D eigenvalue weighted by Crippen LogP contribution is 2.41. The zero-order chi connectivity index (χ0) is 22.2. The number of hydrogen-bond donors (Lipinski definition) is 2. The van der Waals surface area contributed by atoms with E-state index < -0.39 is 0 Å². The van der Waals surface area contributed by atoms with Gasteiger partial charge in [0.05, 0.1) is 12.2 Å². The Kier molecular flexibility index (Phi) is 5.83. The van der Waals surface area contributed by atoms with Crippen molar-refractivity contribution in [2.24, 2.45) is 0 Å². The van der Waals surface area contributed by atoms with Crippen molar-refractivity contribution >= 4 is 11.0 Å². The number of hydrogen-bond acceptors (Lipinski definition) is 3. The molecule has 2 saturated carbocycles. The molecule has 5 nitrogen and oxygen atoms in total. The summed E-state index contributed by atoms with van der Waals surface area (Å²) < 4.78 is 2.06. The second-order valence-corrected chi connectivity index (χ2v) is 10.5. The van der Waals surface area contributed by atoms with Gasteiger partial charge in [-0.15, -0.1) is 0 Å². The van der Waals surface area contributed by atoms with Crippen LogP contribution in [0.5, 0.6) is 0 Å². The maximum absolute atomic E-state index is 12.9. The minimum Gasteiger partial charge on any atom is -0.310 e. The fraction of sp³-hybridized carbons (Fsp3) is 0.571. The summed E-state index contributed by atoms with van der Waals surface area (Å²) >= 11 is 0. The Labute approximate surface area is 196 Å². The fourth-order valence-electron chi connectivity index (χ4n) is 6.11. The third-order valence-electron chi connectivity index (χ3n) is 8.30. The molecule has 2 fully saturated rings. The van der Waals surface area contributed by atoms with Crippen LogP contribution in [0.25, 0.3) is 11.0 Å². The number of benzene rings is 1. The van der Waals surface area contributed by atoms with Crippen LogP contribution in [0, 0.1) is 0 Å². The van der Waals surface area contributed by atoms with Crippen LogP contribution in [-0.4, -0.2) is 20.8 Å². The third kappa shape index (κ3) is 4.16. The normalized spacial score (nSPS) is 19.5. The molecule has 0 amide bonds. The molecule has 3 aliphatic carbocycles. The Morgan fingerprint density at radius 3 is 2.33 bits per heavy atom. The zero-order valence-corrected chi connectivity index (χ0v) is 19.7. The standard InChI is InChI=1S/C28H36N4O/c33-28-24-12-5-4-11-23(24)25-26(21-7-6-8-21)31-32(27(25)30-28)18-20-15-13-19(14-16-20)17-29-22-9-2-1-3-10-22/h13-16,21-22,29H,1-12,17-18H2,(H,30,33). The summed E-state index contributed by atoms with van der Waals surface area (Å²) in [6, 6.07) is 9.62. The number of pyridine rings is 1. The summed E-state index contributed by atoms with van der Waals surface area (Å²) in [5.74, 6) is 0.555. The van der Waals surface area contributed by atoms with Crippen molar-refractivity contribution in [3.05, 3.63) is 62.6 Å². The van der Waals surface area contributed by atoms with Crippen LogP contribution < -0.4 is 10.9 Å². The maximum Gasteiger partial charge on any atom is 0.253 e. The molecule has 33 heavy (non-hydrogen) atoms. The number of fused-ring (bicyclic) bond motifs is 3. The largest absolute Gasteiger partial charge is 0.310 e. The highest BCUT2D eigenvalue weighted by atomic mass is 16.1. The van der Waals surface area contributed by atoms with Crippen molar-refractivity contribution in [3.63, 3.8) is 0 Å². The summed E-state index contributed by atoms with van der Waals surface area (Å²) in [5.41, 5.74) is 7.15. The maximum atomic E-state index is 12.9. The van der Waals surface area contributed by atoms with Gasteiger partial charge in [-0.1, -0.05) is 49.9 Å². The van der Waals surface area contributed by atoms with Gasteiger partial charge in [-0.25, -0.2) is 4.68 Å². The molecule has 0 radical (unpaired) electrons. The van der Waals surface area contributed by atoms with Crippen LogP contribution >= 0.6 is 0 Å². The zero-order valence-electron chi connectivity index (χ0n) is 19.7. The quantitative estimate of drug-likeness (QED) is 0.539. The average molecular weight is 445 g/mol. The first-order valence-electron chi connectivity index (χ1n) is 13.2. The van der Waals surface area contributed by atoms with Crippen LogP contribution in [0.3, 0.4) is 0 Å². The first-order valence-corrected chi connectivity index (χ1v) is 13.2. The van der Waals surface area contributed by atoms with Gasteiger partial charge in [0.1, 0.15) is 5.65 Å². The van der Waals surface area contributed by atoms with Crippen molar-refractivity contribution < 1.29 is 0 Å². The Morgan fingerprint density at radius 1 is 0.879 bits per heavy atom. The molecular weight excluding hydrogens is 408 g/mol. The molecule has 6 rings (SSSR count). The van der Waals surface area contributed by atoms with E-state index in [0.29, 0.717) is 18.5 Å². The smallest absolute Gasteiger partial charge is 0.253 e. The van der Waals surface area contributed by atoms with Gasteiger partial charge in [-0.2, -0.15) is 5.10 Å². The van der Waals surface area contributed by atoms with E-state index in [-0.39, 0.29) is 5.56 Å². The molecule has 3 aliphatic rings.